The Labute approximate surface area is 124 Å². The number of carbonyl (C=O) groups excluding carboxylic acids is 1. The molecule has 1 heterocycles. The number of amides is 1. The zero-order valence-electron chi connectivity index (χ0n) is 10.4. The van der Waals surface area contributed by atoms with Gasteiger partial charge in [0.1, 0.15) is 10.1 Å². The number of nitro benzene ring substituents is 1. The van der Waals surface area contributed by atoms with Crippen LogP contribution in [-0.4, -0.2) is 31.7 Å². The first-order chi connectivity index (χ1) is 9.43. The van der Waals surface area contributed by atoms with Crippen molar-refractivity contribution in [3.8, 4) is 5.75 Å². The zero-order chi connectivity index (χ0) is 14.9. The van der Waals surface area contributed by atoms with Gasteiger partial charge in [-0.05, 0) is 25.1 Å². The number of thiocarbonyl (C=S) groups is 1. The van der Waals surface area contributed by atoms with Crippen molar-refractivity contribution < 1.29 is 14.8 Å². The number of thioether (sulfide) groups is 1. The molecule has 8 heteroatoms. The normalized spacial score (nSPS) is 17.1. The van der Waals surface area contributed by atoms with Crippen molar-refractivity contribution in [3.63, 3.8) is 0 Å². The average Bonchev–Trinajstić information content (AvgIpc) is 2.63. The minimum atomic E-state index is -0.564. The number of hydrogen-bond acceptors (Lipinski definition) is 6. The highest BCUT2D eigenvalue weighted by atomic mass is 32.2. The SMILES string of the molecule is CCN1C(=O)C(=Cc2cc(O)ccc2[N+](=O)[O-])SC1=S. The first-order valence-electron chi connectivity index (χ1n) is 5.66. The number of rotatable bonds is 3. The van der Waals surface area contributed by atoms with Gasteiger partial charge >= 0.3 is 0 Å². The predicted octanol–water partition coefficient (Wildman–Crippen LogP) is 2.52. The lowest BCUT2D eigenvalue weighted by Gasteiger charge is -2.09. The molecular formula is C12H10N2O4S2. The summed E-state index contributed by atoms with van der Waals surface area (Å²) in [5.74, 6) is -0.382. The number of carbonyl (C=O) groups is 1. The standard InChI is InChI=1S/C12H10N2O4S2/c1-2-13-11(16)10(20-12(13)19)6-7-5-8(15)3-4-9(7)14(17)18/h3-6,15H,2H2,1H3. The van der Waals surface area contributed by atoms with Crippen molar-refractivity contribution in [2.24, 2.45) is 0 Å². The van der Waals surface area contributed by atoms with Gasteiger partial charge in [0, 0.05) is 12.6 Å². The maximum absolute atomic E-state index is 12.0. The smallest absolute Gasteiger partial charge is 0.276 e. The summed E-state index contributed by atoms with van der Waals surface area (Å²) in [6.45, 7) is 2.24. The average molecular weight is 310 g/mol. The molecule has 2 rings (SSSR count). The second-order valence-corrected chi connectivity index (χ2v) is 5.60. The molecule has 1 amide bonds. The highest BCUT2D eigenvalue weighted by Crippen LogP contribution is 2.34. The molecule has 1 aromatic carbocycles. The fraction of sp³-hybridized carbons (Fsp3) is 0.167. The van der Waals surface area contributed by atoms with E-state index in [0.717, 1.165) is 11.8 Å². The number of likely N-dealkylation sites (N-methyl/N-ethyl adjacent to an activating group) is 1. The maximum Gasteiger partial charge on any atom is 0.276 e. The number of nitrogens with zero attached hydrogens (tertiary/aromatic N) is 2. The third-order valence-electron chi connectivity index (χ3n) is 2.68. The van der Waals surface area contributed by atoms with E-state index in [9.17, 15) is 20.0 Å². The largest absolute Gasteiger partial charge is 0.508 e. The van der Waals surface area contributed by atoms with Gasteiger partial charge in [-0.2, -0.15) is 0 Å². The van der Waals surface area contributed by atoms with Crippen LogP contribution in [-0.2, 0) is 4.79 Å². The van der Waals surface area contributed by atoms with Gasteiger partial charge in [0.25, 0.3) is 11.6 Å². The molecule has 20 heavy (non-hydrogen) atoms. The minimum Gasteiger partial charge on any atom is -0.508 e. The Morgan fingerprint density at radius 2 is 2.25 bits per heavy atom. The van der Waals surface area contributed by atoms with Crippen molar-refractivity contribution in [1.82, 2.24) is 4.90 Å². The Kier molecular flexibility index (Phi) is 4.05. The molecule has 6 nitrogen and oxygen atoms in total. The molecule has 1 saturated heterocycles. The molecule has 1 fully saturated rings. The lowest BCUT2D eigenvalue weighted by atomic mass is 10.1. The van der Waals surface area contributed by atoms with Gasteiger partial charge in [0.15, 0.2) is 0 Å². The number of nitro groups is 1. The highest BCUT2D eigenvalue weighted by molar-refractivity contribution is 8.26. The van der Waals surface area contributed by atoms with E-state index < -0.39 is 4.92 Å². The molecule has 0 aromatic heterocycles. The second kappa shape index (κ2) is 5.59. The Hall–Kier alpha value is -1.93. The van der Waals surface area contributed by atoms with E-state index in [2.05, 4.69) is 0 Å². The lowest BCUT2D eigenvalue weighted by Crippen LogP contribution is -2.27. The first-order valence-corrected chi connectivity index (χ1v) is 6.89. The Morgan fingerprint density at radius 1 is 1.55 bits per heavy atom. The second-order valence-electron chi connectivity index (χ2n) is 3.93. The monoisotopic (exact) mass is 310 g/mol. The van der Waals surface area contributed by atoms with Crippen LogP contribution in [0.15, 0.2) is 23.1 Å². The lowest BCUT2D eigenvalue weighted by molar-refractivity contribution is -0.385. The number of aromatic hydroxyl groups is 1. The van der Waals surface area contributed by atoms with Gasteiger partial charge in [0.05, 0.1) is 15.4 Å². The molecule has 1 N–H and O–H groups in total. The van der Waals surface area contributed by atoms with Crippen molar-refractivity contribution in [2.45, 2.75) is 6.92 Å². The van der Waals surface area contributed by atoms with E-state index >= 15 is 0 Å². The summed E-state index contributed by atoms with van der Waals surface area (Å²) in [7, 11) is 0. The van der Waals surface area contributed by atoms with Crippen LogP contribution in [0.1, 0.15) is 12.5 Å². The van der Waals surface area contributed by atoms with Crippen LogP contribution < -0.4 is 0 Å². The molecule has 1 aliphatic heterocycles. The van der Waals surface area contributed by atoms with Gasteiger partial charge < -0.3 is 5.11 Å². The summed E-state index contributed by atoms with van der Waals surface area (Å²) < 4.78 is 0.423. The Bertz CT molecular complexity index is 642. The zero-order valence-corrected chi connectivity index (χ0v) is 12.0. The fourth-order valence-electron chi connectivity index (χ4n) is 1.74. The van der Waals surface area contributed by atoms with Crippen LogP contribution in [0.3, 0.4) is 0 Å². The van der Waals surface area contributed by atoms with Crippen molar-refractivity contribution >= 4 is 46.0 Å². The molecule has 0 aliphatic carbocycles. The number of phenols is 1. The third kappa shape index (κ3) is 2.66. The molecular weight excluding hydrogens is 300 g/mol. The van der Waals surface area contributed by atoms with Gasteiger partial charge in [-0.15, -0.1) is 0 Å². The summed E-state index contributed by atoms with van der Waals surface area (Å²) in [6.07, 6.45) is 1.38. The van der Waals surface area contributed by atoms with E-state index in [1.54, 1.807) is 6.92 Å². The van der Waals surface area contributed by atoms with Crippen LogP contribution in [0, 0.1) is 10.1 Å². The summed E-state index contributed by atoms with van der Waals surface area (Å²) in [4.78, 5) is 24.1. The Morgan fingerprint density at radius 3 is 2.80 bits per heavy atom. The molecule has 0 radical (unpaired) electrons. The summed E-state index contributed by atoms with van der Waals surface area (Å²) >= 11 is 6.16. The molecule has 0 unspecified atom stereocenters. The summed E-state index contributed by atoms with van der Waals surface area (Å²) in [5, 5.41) is 20.4. The number of phenolic OH excluding ortho intramolecular Hbond substituents is 1. The molecule has 1 aromatic rings. The van der Waals surface area contributed by atoms with Gasteiger partial charge in [-0.1, -0.05) is 24.0 Å². The van der Waals surface area contributed by atoms with Crippen molar-refractivity contribution in [2.75, 3.05) is 6.54 Å². The minimum absolute atomic E-state index is 0.104. The summed E-state index contributed by atoms with van der Waals surface area (Å²) in [6, 6.07) is 3.67. The third-order valence-corrected chi connectivity index (χ3v) is 4.06. The molecule has 0 spiro atoms. The summed E-state index contributed by atoms with van der Waals surface area (Å²) in [5.41, 5.74) is -0.00355. The van der Waals surface area contributed by atoms with Crippen LogP contribution in [0.5, 0.6) is 5.75 Å². The quantitative estimate of drug-likeness (QED) is 0.400. The van der Waals surface area contributed by atoms with E-state index in [1.807, 2.05) is 0 Å². The van der Waals surface area contributed by atoms with Crippen molar-refractivity contribution in [1.29, 1.82) is 0 Å². The van der Waals surface area contributed by atoms with Crippen molar-refractivity contribution in [3.05, 3.63) is 38.8 Å². The molecule has 1 aliphatic rings. The fourth-order valence-corrected chi connectivity index (χ4v) is 3.11. The van der Waals surface area contributed by atoms with E-state index in [4.69, 9.17) is 12.2 Å². The highest BCUT2D eigenvalue weighted by Gasteiger charge is 2.31. The van der Waals surface area contributed by atoms with Gasteiger partial charge in [0.2, 0.25) is 0 Å². The van der Waals surface area contributed by atoms with Crippen LogP contribution in [0.4, 0.5) is 5.69 Å². The molecule has 0 bridgehead atoms. The van der Waals surface area contributed by atoms with Crippen LogP contribution in [0.2, 0.25) is 0 Å². The van der Waals surface area contributed by atoms with Gasteiger partial charge in [-0.25, -0.2) is 0 Å². The van der Waals surface area contributed by atoms with Gasteiger partial charge in [-0.3, -0.25) is 19.8 Å². The Balaban J connectivity index is 2.46. The number of hydrogen-bond donors (Lipinski definition) is 1. The first kappa shape index (κ1) is 14.5. The molecule has 0 saturated carbocycles. The number of benzene rings is 1. The van der Waals surface area contributed by atoms with E-state index in [0.29, 0.717) is 15.8 Å². The topological polar surface area (TPSA) is 83.7 Å². The van der Waals surface area contributed by atoms with Crippen LogP contribution >= 0.6 is 24.0 Å². The predicted molar refractivity (Wildman–Crippen MR) is 80.3 cm³/mol. The molecule has 0 atom stereocenters. The van der Waals surface area contributed by atoms with Crippen LogP contribution in [0.25, 0.3) is 6.08 Å². The maximum atomic E-state index is 12.0. The van der Waals surface area contributed by atoms with E-state index in [1.165, 1.54) is 29.2 Å². The van der Waals surface area contributed by atoms with E-state index in [-0.39, 0.29) is 22.9 Å². The molecule has 104 valence electrons.